The van der Waals surface area contributed by atoms with Crippen LogP contribution in [0.3, 0.4) is 0 Å². The van der Waals surface area contributed by atoms with Gasteiger partial charge in [0.1, 0.15) is 0 Å². The van der Waals surface area contributed by atoms with E-state index in [0.717, 1.165) is 6.54 Å². The van der Waals surface area contributed by atoms with Crippen molar-refractivity contribution in [3.05, 3.63) is 12.3 Å². The van der Waals surface area contributed by atoms with Crippen LogP contribution in [0.2, 0.25) is 0 Å². The van der Waals surface area contributed by atoms with Crippen molar-refractivity contribution in [2.24, 2.45) is 0 Å². The summed E-state index contributed by atoms with van der Waals surface area (Å²) in [4.78, 5) is 0. The number of rotatable bonds is 0. The second kappa shape index (κ2) is 2.15. The normalized spacial score (nSPS) is 21.7. The summed E-state index contributed by atoms with van der Waals surface area (Å²) in [7, 11) is 0. The minimum absolute atomic E-state index is 0.922. The number of hydrazine groups is 1. The lowest BCUT2D eigenvalue weighted by Crippen LogP contribution is -2.15. The summed E-state index contributed by atoms with van der Waals surface area (Å²) in [5, 5.41) is 0. The molecule has 0 atom stereocenters. The van der Waals surface area contributed by atoms with Gasteiger partial charge in [0.25, 0.3) is 0 Å². The van der Waals surface area contributed by atoms with Crippen LogP contribution in [0.1, 0.15) is 0 Å². The van der Waals surface area contributed by atoms with E-state index in [0.29, 0.717) is 0 Å². The van der Waals surface area contributed by atoms with Gasteiger partial charge in [0.2, 0.25) is 0 Å². The summed E-state index contributed by atoms with van der Waals surface area (Å²) in [6, 6.07) is 0. The van der Waals surface area contributed by atoms with E-state index in [9.17, 15) is 0 Å². The first-order valence-electron chi connectivity index (χ1n) is 1.85. The molecule has 0 spiro atoms. The van der Waals surface area contributed by atoms with Crippen molar-refractivity contribution >= 4 is 32.3 Å². The first kappa shape index (κ1) is 5.59. The van der Waals surface area contributed by atoms with Gasteiger partial charge in [0, 0.05) is 22.3 Å². The van der Waals surface area contributed by atoms with Gasteiger partial charge < -0.3 is 0 Å². The third-order valence-electron chi connectivity index (χ3n) is 0.692. The number of hydrogen-bond acceptors (Lipinski definition) is 2. The number of halogens is 2. The van der Waals surface area contributed by atoms with Gasteiger partial charge >= 0.3 is 0 Å². The fourth-order valence-electron chi connectivity index (χ4n) is 0.371. The maximum Gasteiger partial charge on any atom is 0.0676 e. The molecule has 0 aliphatic carbocycles. The molecule has 0 bridgehead atoms. The van der Waals surface area contributed by atoms with Crippen LogP contribution in [0.4, 0.5) is 0 Å². The molecular weight excluding hydrogens is 224 g/mol. The van der Waals surface area contributed by atoms with E-state index in [4.69, 9.17) is 0 Å². The molecule has 0 radical (unpaired) electrons. The van der Waals surface area contributed by atoms with Crippen LogP contribution in [-0.4, -0.2) is 14.6 Å². The van der Waals surface area contributed by atoms with E-state index in [2.05, 4.69) is 32.3 Å². The Labute approximate surface area is 59.4 Å². The van der Waals surface area contributed by atoms with E-state index in [-0.39, 0.29) is 0 Å². The lowest BCUT2D eigenvalue weighted by Gasteiger charge is -2.12. The average molecular weight is 228 g/mol. The van der Waals surface area contributed by atoms with Crippen molar-refractivity contribution in [1.29, 1.82) is 0 Å². The Kier molecular flexibility index (Phi) is 1.72. The smallest absolute Gasteiger partial charge is 0.0676 e. The van der Waals surface area contributed by atoms with Crippen LogP contribution in [0, 0.1) is 0 Å². The molecule has 0 aromatic rings. The topological polar surface area (TPSA) is 6.48 Å². The average Bonchev–Trinajstić information content (AvgIpc) is 1.91. The highest BCUT2D eigenvalue weighted by atomic mass is 79.9. The second-order valence-corrected chi connectivity index (χ2v) is 2.74. The van der Waals surface area contributed by atoms with E-state index < -0.39 is 0 Å². The third kappa shape index (κ3) is 1.17. The molecule has 2 nitrogen and oxygen atoms in total. The van der Waals surface area contributed by atoms with Gasteiger partial charge in [-0.1, -0.05) is 0 Å². The zero-order valence-corrected chi connectivity index (χ0v) is 6.68. The molecule has 1 aliphatic heterocycles. The molecule has 0 unspecified atom stereocenters. The Morgan fingerprint density at radius 2 is 2.14 bits per heavy atom. The van der Waals surface area contributed by atoms with Crippen LogP contribution in [0.5, 0.6) is 0 Å². The van der Waals surface area contributed by atoms with Crippen LogP contribution in [0.15, 0.2) is 12.3 Å². The van der Waals surface area contributed by atoms with Crippen molar-refractivity contribution in [2.45, 2.75) is 0 Å². The van der Waals surface area contributed by atoms with Crippen LogP contribution < -0.4 is 0 Å². The molecule has 1 aliphatic rings. The van der Waals surface area contributed by atoms with Gasteiger partial charge in [-0.2, -0.15) is 0 Å². The Balaban J connectivity index is 2.45. The zero-order chi connectivity index (χ0) is 5.28. The number of hydrogen-bond donors (Lipinski definition) is 0. The predicted octanol–water partition coefficient (Wildman–Crippen LogP) is 1.65. The highest BCUT2D eigenvalue weighted by molar-refractivity contribution is 9.09. The molecule has 0 fully saturated rings. The molecular formula is C3H4Br2N2. The molecule has 40 valence electrons. The molecule has 4 heteroatoms. The van der Waals surface area contributed by atoms with Crippen molar-refractivity contribution in [3.8, 4) is 0 Å². The minimum Gasteiger partial charge on any atom is -0.236 e. The third-order valence-corrected chi connectivity index (χ3v) is 2.37. The van der Waals surface area contributed by atoms with Gasteiger partial charge in [0.05, 0.1) is 22.7 Å². The van der Waals surface area contributed by atoms with Crippen LogP contribution in [-0.2, 0) is 0 Å². The molecule has 0 aromatic carbocycles. The van der Waals surface area contributed by atoms with Crippen LogP contribution >= 0.6 is 32.3 Å². The van der Waals surface area contributed by atoms with Crippen molar-refractivity contribution in [1.82, 2.24) is 8.07 Å². The summed E-state index contributed by atoms with van der Waals surface area (Å²) in [5.41, 5.74) is 0. The SMILES string of the molecule is BrN1C=CCN1Br. The fourth-order valence-corrected chi connectivity index (χ4v) is 0.941. The van der Waals surface area contributed by atoms with Crippen molar-refractivity contribution < 1.29 is 0 Å². The predicted molar refractivity (Wildman–Crippen MR) is 35.5 cm³/mol. The van der Waals surface area contributed by atoms with Crippen LogP contribution in [0.25, 0.3) is 0 Å². The maximum absolute atomic E-state index is 3.25. The lowest BCUT2D eigenvalue weighted by molar-refractivity contribution is 0.348. The summed E-state index contributed by atoms with van der Waals surface area (Å²) in [6.45, 7) is 0.922. The van der Waals surface area contributed by atoms with Gasteiger partial charge in [-0.3, -0.25) is 0 Å². The molecule has 0 aromatic heterocycles. The molecule has 0 N–H and O–H groups in total. The summed E-state index contributed by atoms with van der Waals surface area (Å²) < 4.78 is 3.64. The molecule has 0 saturated heterocycles. The Morgan fingerprint density at radius 1 is 1.43 bits per heavy atom. The van der Waals surface area contributed by atoms with E-state index in [1.165, 1.54) is 0 Å². The maximum atomic E-state index is 3.25. The Hall–Kier alpha value is 0.460. The van der Waals surface area contributed by atoms with E-state index in [1.54, 1.807) is 4.03 Å². The standard InChI is InChI=1S/C3H4Br2N2/c4-6-2-1-3-7(6)5/h1-2H,3H2. The quantitative estimate of drug-likeness (QED) is 0.581. The molecule has 0 saturated carbocycles. The first-order valence-corrected chi connectivity index (χ1v) is 3.27. The van der Waals surface area contributed by atoms with Crippen molar-refractivity contribution in [2.75, 3.05) is 6.54 Å². The highest BCUT2D eigenvalue weighted by Crippen LogP contribution is 2.15. The molecule has 0 amide bonds. The van der Waals surface area contributed by atoms with Gasteiger partial charge in [-0.05, 0) is 6.08 Å². The Bertz CT molecular complexity index is 92.9. The van der Waals surface area contributed by atoms with E-state index in [1.807, 2.05) is 16.3 Å². The number of nitrogens with zero attached hydrogens (tertiary/aromatic N) is 2. The molecule has 1 heterocycles. The minimum atomic E-state index is 0.922. The van der Waals surface area contributed by atoms with Gasteiger partial charge in [0.15, 0.2) is 0 Å². The zero-order valence-electron chi connectivity index (χ0n) is 3.51. The van der Waals surface area contributed by atoms with E-state index >= 15 is 0 Å². The first-order chi connectivity index (χ1) is 3.30. The summed E-state index contributed by atoms with van der Waals surface area (Å²) in [5.74, 6) is 0. The van der Waals surface area contributed by atoms with Crippen molar-refractivity contribution in [3.63, 3.8) is 0 Å². The summed E-state index contributed by atoms with van der Waals surface area (Å²) >= 11 is 6.48. The summed E-state index contributed by atoms with van der Waals surface area (Å²) in [6.07, 6.45) is 3.96. The van der Waals surface area contributed by atoms with Gasteiger partial charge in [-0.25, -0.2) is 4.03 Å². The second-order valence-electron chi connectivity index (χ2n) is 1.19. The van der Waals surface area contributed by atoms with Gasteiger partial charge in [-0.15, -0.1) is 4.03 Å². The lowest BCUT2D eigenvalue weighted by atomic mass is 10.7. The fraction of sp³-hybridized carbons (Fsp3) is 0.333. The monoisotopic (exact) mass is 226 g/mol. The highest BCUT2D eigenvalue weighted by Gasteiger charge is 2.07. The Morgan fingerprint density at radius 3 is 2.29 bits per heavy atom. The molecule has 1 rings (SSSR count). The molecule has 7 heavy (non-hydrogen) atoms. The largest absolute Gasteiger partial charge is 0.236 e.